The molecular formula is C21H20F3N7O2. The maximum Gasteiger partial charge on any atom is 0.435 e. The van der Waals surface area contributed by atoms with E-state index in [2.05, 4.69) is 20.6 Å². The van der Waals surface area contributed by atoms with E-state index in [-0.39, 0.29) is 29.9 Å². The summed E-state index contributed by atoms with van der Waals surface area (Å²) < 4.78 is 48.9. The molecule has 1 amide bonds. The van der Waals surface area contributed by atoms with Gasteiger partial charge in [-0.1, -0.05) is 12.1 Å². The zero-order valence-electron chi connectivity index (χ0n) is 17.7. The van der Waals surface area contributed by atoms with E-state index < -0.39 is 17.9 Å². The highest BCUT2D eigenvalue weighted by atomic mass is 19.4. The molecule has 4 rings (SSSR count). The minimum absolute atomic E-state index is 0.0212. The topological polar surface area (TPSA) is 117 Å². The van der Waals surface area contributed by atoms with Gasteiger partial charge in [0, 0.05) is 25.9 Å². The molecule has 0 aliphatic carbocycles. The van der Waals surface area contributed by atoms with Gasteiger partial charge >= 0.3 is 6.18 Å². The smallest absolute Gasteiger partial charge is 0.413 e. The van der Waals surface area contributed by atoms with E-state index >= 15 is 0 Å². The van der Waals surface area contributed by atoms with E-state index in [1.54, 1.807) is 61.1 Å². The fourth-order valence-corrected chi connectivity index (χ4v) is 3.13. The molecule has 0 unspecified atom stereocenters. The predicted octanol–water partition coefficient (Wildman–Crippen LogP) is 2.91. The molecule has 0 fully saturated rings. The first kappa shape index (κ1) is 22.3. The maximum absolute atomic E-state index is 13.5. The van der Waals surface area contributed by atoms with Crippen LogP contribution in [-0.4, -0.2) is 36.5 Å². The summed E-state index contributed by atoms with van der Waals surface area (Å²) in [7, 11) is 1.78. The van der Waals surface area contributed by atoms with E-state index in [1.807, 2.05) is 0 Å². The molecule has 0 aliphatic heterocycles. The first-order valence-corrected chi connectivity index (χ1v) is 9.89. The van der Waals surface area contributed by atoms with Gasteiger partial charge in [-0.2, -0.15) is 18.3 Å². The number of alkyl halides is 3. The van der Waals surface area contributed by atoms with Gasteiger partial charge in [-0.05, 0) is 36.8 Å². The number of nitrogens with zero attached hydrogens (tertiary/aromatic N) is 5. The van der Waals surface area contributed by atoms with Crippen LogP contribution >= 0.6 is 0 Å². The molecule has 0 aliphatic rings. The van der Waals surface area contributed by atoms with Crippen molar-refractivity contribution in [1.29, 1.82) is 0 Å². The van der Waals surface area contributed by atoms with E-state index in [1.165, 1.54) is 0 Å². The summed E-state index contributed by atoms with van der Waals surface area (Å²) in [5.41, 5.74) is 6.00. The van der Waals surface area contributed by atoms with Crippen LogP contribution in [-0.2, 0) is 24.6 Å². The Morgan fingerprint density at radius 2 is 1.88 bits per heavy atom. The van der Waals surface area contributed by atoms with Crippen molar-refractivity contribution < 1.29 is 22.4 Å². The lowest BCUT2D eigenvalue weighted by Gasteiger charge is -2.10. The zero-order chi connectivity index (χ0) is 23.8. The summed E-state index contributed by atoms with van der Waals surface area (Å²) in [6.07, 6.45) is -2.90. The van der Waals surface area contributed by atoms with Gasteiger partial charge in [0.2, 0.25) is 5.91 Å². The normalized spacial score (nSPS) is 12.7. The van der Waals surface area contributed by atoms with Crippen molar-refractivity contribution in [2.75, 3.05) is 0 Å². The van der Waals surface area contributed by atoms with Crippen LogP contribution in [0.1, 0.15) is 18.2 Å². The van der Waals surface area contributed by atoms with Crippen molar-refractivity contribution in [2.24, 2.45) is 12.8 Å². The molecular weight excluding hydrogens is 439 g/mol. The number of aromatic nitrogens is 5. The van der Waals surface area contributed by atoms with Gasteiger partial charge in [0.15, 0.2) is 5.69 Å². The fraction of sp³-hybridized carbons (Fsp3) is 0.238. The van der Waals surface area contributed by atoms with Crippen LogP contribution in [0.5, 0.6) is 0 Å². The largest absolute Gasteiger partial charge is 0.435 e. The summed E-state index contributed by atoms with van der Waals surface area (Å²) in [6.45, 7) is 1.70. The van der Waals surface area contributed by atoms with Crippen LogP contribution in [0.15, 0.2) is 53.1 Å². The van der Waals surface area contributed by atoms with E-state index in [9.17, 15) is 18.0 Å². The third kappa shape index (κ3) is 4.65. The number of hydrogen-bond acceptors (Lipinski definition) is 6. The Labute approximate surface area is 186 Å². The van der Waals surface area contributed by atoms with Crippen LogP contribution in [0.25, 0.3) is 28.9 Å². The van der Waals surface area contributed by atoms with Crippen LogP contribution in [0.3, 0.4) is 0 Å². The first-order valence-electron chi connectivity index (χ1n) is 9.89. The number of rotatable bonds is 6. The Balaban J connectivity index is 1.73. The summed E-state index contributed by atoms with van der Waals surface area (Å²) >= 11 is 0. The lowest BCUT2D eigenvalue weighted by molar-refractivity contribution is -0.141. The van der Waals surface area contributed by atoms with Gasteiger partial charge in [-0.3, -0.25) is 4.79 Å². The van der Waals surface area contributed by atoms with Crippen LogP contribution in [0, 0.1) is 0 Å². The van der Waals surface area contributed by atoms with Crippen molar-refractivity contribution in [3.63, 3.8) is 0 Å². The Bertz CT molecular complexity index is 1290. The third-order valence-corrected chi connectivity index (χ3v) is 4.84. The van der Waals surface area contributed by atoms with Gasteiger partial charge in [0.25, 0.3) is 11.8 Å². The Kier molecular flexibility index (Phi) is 5.77. The van der Waals surface area contributed by atoms with E-state index in [0.29, 0.717) is 16.9 Å². The van der Waals surface area contributed by atoms with Gasteiger partial charge in [-0.15, -0.1) is 10.2 Å². The van der Waals surface area contributed by atoms with Gasteiger partial charge in [-0.25, -0.2) is 4.68 Å². The first-order chi connectivity index (χ1) is 15.6. The zero-order valence-corrected chi connectivity index (χ0v) is 17.7. The molecule has 3 aromatic heterocycles. The molecule has 33 heavy (non-hydrogen) atoms. The number of nitrogens with one attached hydrogen (secondary N) is 1. The second-order valence-corrected chi connectivity index (χ2v) is 7.42. The number of benzene rings is 1. The molecule has 0 bridgehead atoms. The molecule has 3 N–H and O–H groups in total. The second kappa shape index (κ2) is 8.54. The molecule has 0 spiro atoms. The van der Waals surface area contributed by atoms with Gasteiger partial charge in [0.1, 0.15) is 11.4 Å². The second-order valence-electron chi connectivity index (χ2n) is 7.42. The monoisotopic (exact) mass is 459 g/mol. The molecule has 3 heterocycles. The minimum Gasteiger partial charge on any atom is -0.413 e. The minimum atomic E-state index is -4.68. The Hall–Kier alpha value is -3.93. The molecule has 0 radical (unpaired) electrons. The third-order valence-electron chi connectivity index (χ3n) is 4.84. The average Bonchev–Trinajstić information content (AvgIpc) is 3.50. The number of carbonyl (C=O) groups is 1. The highest BCUT2D eigenvalue weighted by Gasteiger charge is 2.36. The number of amides is 1. The lowest BCUT2D eigenvalue weighted by atomic mass is 10.2. The standard InChI is InChI=1S/C21H20F3N7O2/c1-12(25)18(32)26-11-13-5-3-6-14(9-13)31-16(10-17(29-31)21(22,23)24)20-28-27-19(33-20)15-7-4-8-30(15)2/h3-10,12H,11,25H2,1-2H3,(H,26,32)/t12-/m0/s1. The highest BCUT2D eigenvalue weighted by Crippen LogP contribution is 2.33. The molecule has 4 aromatic rings. The van der Waals surface area contributed by atoms with Crippen molar-refractivity contribution in [2.45, 2.75) is 25.7 Å². The Morgan fingerprint density at radius 3 is 2.52 bits per heavy atom. The molecule has 0 saturated heterocycles. The molecule has 172 valence electrons. The Morgan fingerprint density at radius 1 is 1.15 bits per heavy atom. The predicted molar refractivity (Wildman–Crippen MR) is 112 cm³/mol. The number of nitrogens with two attached hydrogens (primary N) is 1. The van der Waals surface area contributed by atoms with Crippen LogP contribution in [0.2, 0.25) is 0 Å². The molecule has 1 aromatic carbocycles. The van der Waals surface area contributed by atoms with Crippen molar-refractivity contribution in [3.8, 4) is 28.9 Å². The maximum atomic E-state index is 13.5. The van der Waals surface area contributed by atoms with Gasteiger partial charge in [0.05, 0.1) is 11.7 Å². The number of halogens is 3. The summed E-state index contributed by atoms with van der Waals surface area (Å²) in [5, 5.41) is 14.3. The van der Waals surface area contributed by atoms with Crippen molar-refractivity contribution >= 4 is 5.91 Å². The molecule has 9 nitrogen and oxygen atoms in total. The molecule has 0 saturated carbocycles. The SMILES string of the molecule is C[C@H](N)C(=O)NCc1cccc(-n2nc(C(F)(F)F)cc2-c2nnc(-c3cccn3C)o2)c1. The van der Waals surface area contributed by atoms with Crippen LogP contribution < -0.4 is 11.1 Å². The molecule has 1 atom stereocenters. The summed E-state index contributed by atoms with van der Waals surface area (Å²) in [4.78, 5) is 11.7. The number of carbonyl (C=O) groups excluding carboxylic acids is 1. The fourth-order valence-electron chi connectivity index (χ4n) is 3.13. The summed E-state index contributed by atoms with van der Waals surface area (Å²) in [5.74, 6) is -0.311. The number of aryl methyl sites for hydroxylation is 1. The summed E-state index contributed by atoms with van der Waals surface area (Å²) in [6, 6.07) is 10.2. The van der Waals surface area contributed by atoms with Crippen molar-refractivity contribution in [1.82, 2.24) is 29.9 Å². The van der Waals surface area contributed by atoms with Crippen molar-refractivity contribution in [3.05, 3.63) is 59.9 Å². The van der Waals surface area contributed by atoms with Crippen LogP contribution in [0.4, 0.5) is 13.2 Å². The average molecular weight is 459 g/mol. The van der Waals surface area contributed by atoms with Gasteiger partial charge < -0.3 is 20.0 Å². The lowest BCUT2D eigenvalue weighted by Crippen LogP contribution is -2.37. The molecule has 12 heteroatoms. The van der Waals surface area contributed by atoms with E-state index in [0.717, 1.165) is 10.7 Å². The number of hydrogen-bond donors (Lipinski definition) is 2. The highest BCUT2D eigenvalue weighted by molar-refractivity contribution is 5.80. The quantitative estimate of drug-likeness (QED) is 0.458. The van der Waals surface area contributed by atoms with E-state index in [4.69, 9.17) is 10.2 Å².